The first-order chi connectivity index (χ1) is 15.3. The average Bonchev–Trinajstić information content (AvgIpc) is 3.45. The number of para-hydroxylation sites is 2. The number of nitrogens with zero attached hydrogens (tertiary/aromatic N) is 3. The summed E-state index contributed by atoms with van der Waals surface area (Å²) in [4.78, 5) is 20.1. The molecule has 3 aromatic carbocycles. The quantitative estimate of drug-likeness (QED) is 0.403. The van der Waals surface area contributed by atoms with Crippen molar-refractivity contribution >= 4 is 29.0 Å². The van der Waals surface area contributed by atoms with E-state index in [0.717, 1.165) is 27.7 Å². The number of aromatic nitrogens is 4. The molecule has 2 aromatic heterocycles. The Bertz CT molecular complexity index is 1350. The maximum absolute atomic E-state index is 12.2. The summed E-state index contributed by atoms with van der Waals surface area (Å²) in [6.45, 7) is 0. The number of fused-ring (bicyclic) bond motifs is 1. The van der Waals surface area contributed by atoms with E-state index in [9.17, 15) is 4.79 Å². The lowest BCUT2D eigenvalue weighted by atomic mass is 10.1. The van der Waals surface area contributed by atoms with Crippen LogP contribution in [0.4, 0.5) is 6.01 Å². The number of H-pyrrole nitrogens is 1. The molecule has 0 unspecified atom stereocenters. The van der Waals surface area contributed by atoms with Crippen molar-refractivity contribution in [1.82, 2.24) is 20.2 Å². The van der Waals surface area contributed by atoms with Gasteiger partial charge in [-0.3, -0.25) is 10.1 Å². The van der Waals surface area contributed by atoms with Gasteiger partial charge in [0.2, 0.25) is 0 Å². The summed E-state index contributed by atoms with van der Waals surface area (Å²) in [7, 11) is 0. The Labute approximate surface area is 177 Å². The maximum Gasteiger partial charge on any atom is 0.322 e. The van der Waals surface area contributed by atoms with Crippen molar-refractivity contribution in [3.63, 3.8) is 0 Å². The molecule has 0 saturated carbocycles. The molecule has 150 valence electrons. The fourth-order valence-electron chi connectivity index (χ4n) is 3.22. The number of aromatic amines is 1. The lowest BCUT2D eigenvalue weighted by Gasteiger charge is -2.02. The molecule has 0 spiro atoms. The molecule has 31 heavy (non-hydrogen) atoms. The topological polar surface area (TPSA) is 96.7 Å². The van der Waals surface area contributed by atoms with Gasteiger partial charge in [-0.1, -0.05) is 65.8 Å². The van der Waals surface area contributed by atoms with Crippen LogP contribution in [0.2, 0.25) is 0 Å². The number of anilines is 1. The average molecular weight is 407 g/mol. The predicted molar refractivity (Wildman–Crippen MR) is 119 cm³/mol. The van der Waals surface area contributed by atoms with Crippen LogP contribution in [-0.4, -0.2) is 26.1 Å². The van der Waals surface area contributed by atoms with Crippen LogP contribution in [0.5, 0.6) is 0 Å². The highest BCUT2D eigenvalue weighted by atomic mass is 16.4. The van der Waals surface area contributed by atoms with Crippen molar-refractivity contribution in [2.45, 2.75) is 0 Å². The number of rotatable bonds is 5. The first kappa shape index (κ1) is 18.5. The molecule has 0 aliphatic carbocycles. The Morgan fingerprint density at radius 2 is 1.61 bits per heavy atom. The summed E-state index contributed by atoms with van der Waals surface area (Å²) < 4.78 is 5.70. The first-order valence-electron chi connectivity index (χ1n) is 9.68. The van der Waals surface area contributed by atoms with E-state index >= 15 is 0 Å². The highest BCUT2D eigenvalue weighted by Crippen LogP contribution is 2.31. The molecular weight excluding hydrogens is 390 g/mol. The van der Waals surface area contributed by atoms with Crippen LogP contribution < -0.4 is 5.32 Å². The summed E-state index contributed by atoms with van der Waals surface area (Å²) in [5.74, 6) is 0.634. The van der Waals surface area contributed by atoms with Crippen molar-refractivity contribution in [1.29, 1.82) is 0 Å². The number of imidazole rings is 1. The zero-order valence-electron chi connectivity index (χ0n) is 16.3. The largest absolute Gasteiger partial charge is 0.403 e. The van der Waals surface area contributed by atoms with Crippen LogP contribution in [0.15, 0.2) is 89.4 Å². The molecule has 0 aliphatic heterocycles. The van der Waals surface area contributed by atoms with Gasteiger partial charge in [-0.2, -0.15) is 0 Å². The number of carbonyl (C=O) groups is 1. The highest BCUT2D eigenvalue weighted by Gasteiger charge is 2.16. The fourth-order valence-corrected chi connectivity index (χ4v) is 3.22. The molecular formula is C24H17N5O2. The number of benzene rings is 3. The Morgan fingerprint density at radius 1 is 0.871 bits per heavy atom. The lowest BCUT2D eigenvalue weighted by molar-refractivity contribution is -0.112. The van der Waals surface area contributed by atoms with E-state index in [-0.39, 0.29) is 11.9 Å². The number of carbonyl (C=O) groups excluding carboxylic acids is 1. The minimum atomic E-state index is -0.357. The number of hydrogen-bond donors (Lipinski definition) is 2. The SMILES string of the molecule is O=C(/C=C/c1ccccc1)Nc1nnc(-c2ccccc2-c2nc3ccccc3[nH]2)o1. The van der Waals surface area contributed by atoms with Gasteiger partial charge in [0.1, 0.15) is 5.82 Å². The van der Waals surface area contributed by atoms with E-state index in [2.05, 4.69) is 25.5 Å². The molecule has 2 N–H and O–H groups in total. The Hall–Kier alpha value is -4.52. The molecule has 5 aromatic rings. The molecule has 0 atom stereocenters. The molecule has 7 heteroatoms. The second kappa shape index (κ2) is 8.08. The number of nitrogens with one attached hydrogen (secondary N) is 2. The van der Waals surface area contributed by atoms with Crippen LogP contribution >= 0.6 is 0 Å². The second-order valence-electron chi connectivity index (χ2n) is 6.79. The highest BCUT2D eigenvalue weighted by molar-refractivity contribution is 6.00. The van der Waals surface area contributed by atoms with Gasteiger partial charge >= 0.3 is 6.01 Å². The second-order valence-corrected chi connectivity index (χ2v) is 6.79. The third-order valence-electron chi connectivity index (χ3n) is 4.68. The Morgan fingerprint density at radius 3 is 2.45 bits per heavy atom. The zero-order valence-corrected chi connectivity index (χ0v) is 16.3. The molecule has 0 bridgehead atoms. The molecule has 2 heterocycles. The van der Waals surface area contributed by atoms with E-state index in [1.165, 1.54) is 6.08 Å². The van der Waals surface area contributed by atoms with Gasteiger partial charge in [-0.15, -0.1) is 5.10 Å². The first-order valence-corrected chi connectivity index (χ1v) is 9.68. The Kier molecular flexibility index (Phi) is 4.82. The van der Waals surface area contributed by atoms with Crippen molar-refractivity contribution in [3.8, 4) is 22.8 Å². The maximum atomic E-state index is 12.2. The van der Waals surface area contributed by atoms with E-state index in [4.69, 9.17) is 4.42 Å². The minimum absolute atomic E-state index is 0.0251. The summed E-state index contributed by atoms with van der Waals surface area (Å²) in [5, 5.41) is 10.6. The molecule has 0 saturated heterocycles. The van der Waals surface area contributed by atoms with Crippen LogP contribution in [0.1, 0.15) is 5.56 Å². The van der Waals surface area contributed by atoms with E-state index in [0.29, 0.717) is 11.7 Å². The van der Waals surface area contributed by atoms with Gasteiger partial charge in [0.05, 0.1) is 11.0 Å². The third kappa shape index (κ3) is 3.97. The molecule has 1 amide bonds. The minimum Gasteiger partial charge on any atom is -0.403 e. The van der Waals surface area contributed by atoms with E-state index in [1.54, 1.807) is 6.08 Å². The van der Waals surface area contributed by atoms with Crippen LogP contribution in [0.3, 0.4) is 0 Å². The fraction of sp³-hybridized carbons (Fsp3) is 0. The summed E-state index contributed by atoms with van der Waals surface area (Å²) in [5.41, 5.74) is 4.27. The number of amides is 1. The molecule has 0 fully saturated rings. The van der Waals surface area contributed by atoms with Crippen LogP contribution in [-0.2, 0) is 4.79 Å². The molecule has 5 rings (SSSR count). The van der Waals surface area contributed by atoms with E-state index < -0.39 is 0 Å². The standard InChI is InChI=1S/C24H17N5O2/c30-21(15-14-16-8-2-1-3-9-16)27-24-29-28-23(31-24)18-11-5-4-10-17(18)22-25-19-12-6-7-13-20(19)26-22/h1-15H,(H,25,26)(H,27,29,30)/b15-14+. The summed E-state index contributed by atoms with van der Waals surface area (Å²) in [6, 6.07) is 25.0. The van der Waals surface area contributed by atoms with Crippen molar-refractivity contribution in [3.05, 3.63) is 90.5 Å². The van der Waals surface area contributed by atoms with Gasteiger partial charge in [0, 0.05) is 17.2 Å². The van der Waals surface area contributed by atoms with Gasteiger partial charge in [-0.05, 0) is 29.8 Å². The molecule has 7 nitrogen and oxygen atoms in total. The van der Waals surface area contributed by atoms with Crippen LogP contribution in [0, 0.1) is 0 Å². The van der Waals surface area contributed by atoms with E-state index in [1.807, 2.05) is 78.9 Å². The monoisotopic (exact) mass is 407 g/mol. The van der Waals surface area contributed by atoms with Crippen molar-refractivity contribution < 1.29 is 9.21 Å². The van der Waals surface area contributed by atoms with Crippen LogP contribution in [0.25, 0.3) is 40.0 Å². The van der Waals surface area contributed by atoms with Crippen molar-refractivity contribution in [2.24, 2.45) is 0 Å². The smallest absolute Gasteiger partial charge is 0.322 e. The molecule has 0 radical (unpaired) electrons. The molecule has 0 aliphatic rings. The lowest BCUT2D eigenvalue weighted by Crippen LogP contribution is -2.07. The summed E-state index contributed by atoms with van der Waals surface area (Å²) >= 11 is 0. The van der Waals surface area contributed by atoms with Gasteiger partial charge in [0.15, 0.2) is 0 Å². The zero-order chi connectivity index (χ0) is 21.0. The Balaban J connectivity index is 1.39. The predicted octanol–water partition coefficient (Wildman–Crippen LogP) is 4.93. The van der Waals surface area contributed by atoms with Crippen molar-refractivity contribution in [2.75, 3.05) is 5.32 Å². The normalized spacial score (nSPS) is 11.2. The third-order valence-corrected chi connectivity index (χ3v) is 4.68. The van der Waals surface area contributed by atoms with Gasteiger partial charge in [0.25, 0.3) is 11.8 Å². The summed E-state index contributed by atoms with van der Waals surface area (Å²) in [6.07, 6.45) is 3.13. The van der Waals surface area contributed by atoms with Gasteiger partial charge < -0.3 is 9.40 Å². The number of hydrogen-bond acceptors (Lipinski definition) is 5. The van der Waals surface area contributed by atoms with Gasteiger partial charge in [-0.25, -0.2) is 4.98 Å².